The van der Waals surface area contributed by atoms with Crippen LogP contribution in [0.1, 0.15) is 15.9 Å². The number of aromatic nitrogens is 2. The van der Waals surface area contributed by atoms with Gasteiger partial charge in [-0.3, -0.25) is 4.68 Å². The van der Waals surface area contributed by atoms with E-state index in [1.807, 2.05) is 0 Å². The average Bonchev–Trinajstić information content (AvgIpc) is 2.81. The summed E-state index contributed by atoms with van der Waals surface area (Å²) in [5, 5.41) is 5.20. The largest absolute Gasteiger partial charge is 0.465 e. The van der Waals surface area contributed by atoms with Crippen molar-refractivity contribution in [3.8, 4) is 0 Å². The maximum atomic E-state index is 11.3. The summed E-state index contributed by atoms with van der Waals surface area (Å²) in [4.78, 5) is 11.3. The second kappa shape index (κ2) is 5.42. The first-order chi connectivity index (χ1) is 8.61. The van der Waals surface area contributed by atoms with Gasteiger partial charge < -0.3 is 4.74 Å². The molecule has 94 valence electrons. The number of nitrogens with zero attached hydrogens (tertiary/aromatic N) is 2. The first-order valence-electron chi connectivity index (χ1n) is 5.15. The summed E-state index contributed by atoms with van der Waals surface area (Å²) in [5.74, 6) is -0.425. The van der Waals surface area contributed by atoms with Crippen LogP contribution >= 0.6 is 23.2 Å². The lowest BCUT2D eigenvalue weighted by atomic mass is 10.2. The highest BCUT2D eigenvalue weighted by Crippen LogP contribution is 2.24. The van der Waals surface area contributed by atoms with E-state index in [2.05, 4.69) is 9.84 Å². The summed E-state index contributed by atoms with van der Waals surface area (Å²) in [6.45, 7) is 0.398. The van der Waals surface area contributed by atoms with Gasteiger partial charge in [0.25, 0.3) is 0 Å². The molecule has 0 spiro atoms. The number of ether oxygens (including phenoxy) is 1. The molecule has 6 heteroatoms. The molecule has 0 unspecified atom stereocenters. The van der Waals surface area contributed by atoms with E-state index < -0.39 is 5.97 Å². The molecule has 0 aliphatic rings. The Hall–Kier alpha value is -1.52. The van der Waals surface area contributed by atoms with E-state index in [-0.39, 0.29) is 0 Å². The minimum absolute atomic E-state index is 0.390. The molecule has 0 N–H and O–H groups in total. The molecule has 1 aromatic carbocycles. The number of halogens is 2. The summed E-state index contributed by atoms with van der Waals surface area (Å²) in [6, 6.07) is 5.29. The Morgan fingerprint density at radius 3 is 2.67 bits per heavy atom. The maximum absolute atomic E-state index is 11.3. The molecule has 0 atom stereocenters. The fraction of sp³-hybridized carbons (Fsp3) is 0.167. The first-order valence-corrected chi connectivity index (χ1v) is 5.91. The monoisotopic (exact) mass is 284 g/mol. The Morgan fingerprint density at radius 2 is 2.06 bits per heavy atom. The Kier molecular flexibility index (Phi) is 3.89. The molecule has 0 saturated heterocycles. The van der Waals surface area contributed by atoms with E-state index in [9.17, 15) is 4.79 Å². The lowest BCUT2D eigenvalue weighted by Crippen LogP contribution is -2.02. The third-order valence-electron chi connectivity index (χ3n) is 2.44. The zero-order valence-electron chi connectivity index (χ0n) is 9.56. The van der Waals surface area contributed by atoms with Gasteiger partial charge in [0.2, 0.25) is 0 Å². The number of benzene rings is 1. The van der Waals surface area contributed by atoms with Crippen LogP contribution in [0, 0.1) is 0 Å². The second-order valence-corrected chi connectivity index (χ2v) is 4.43. The molecule has 0 saturated carbocycles. The molecule has 0 amide bonds. The van der Waals surface area contributed by atoms with Gasteiger partial charge in [0.1, 0.15) is 0 Å². The van der Waals surface area contributed by atoms with E-state index in [1.54, 1.807) is 29.1 Å². The van der Waals surface area contributed by atoms with E-state index in [0.717, 1.165) is 5.56 Å². The van der Waals surface area contributed by atoms with Gasteiger partial charge >= 0.3 is 5.97 Å². The molecular formula is C12H10Cl2N2O2. The van der Waals surface area contributed by atoms with Crippen LogP contribution in [0.25, 0.3) is 0 Å². The van der Waals surface area contributed by atoms with Crippen molar-refractivity contribution < 1.29 is 9.53 Å². The molecule has 4 nitrogen and oxygen atoms in total. The number of hydrogen-bond donors (Lipinski definition) is 0. The van der Waals surface area contributed by atoms with E-state index in [1.165, 1.54) is 13.3 Å². The Morgan fingerprint density at radius 1 is 1.39 bits per heavy atom. The van der Waals surface area contributed by atoms with Crippen molar-refractivity contribution in [3.05, 3.63) is 51.8 Å². The number of rotatable bonds is 3. The summed E-state index contributed by atoms with van der Waals surface area (Å²) >= 11 is 12.1. The predicted molar refractivity (Wildman–Crippen MR) is 69.1 cm³/mol. The first kappa shape index (κ1) is 12.9. The Bertz CT molecular complexity index is 561. The Balaban J connectivity index is 2.24. The van der Waals surface area contributed by atoms with Gasteiger partial charge in [0.05, 0.1) is 25.4 Å². The van der Waals surface area contributed by atoms with Gasteiger partial charge in [-0.25, -0.2) is 4.79 Å². The number of esters is 1. The minimum Gasteiger partial charge on any atom is -0.465 e. The van der Waals surface area contributed by atoms with Crippen molar-refractivity contribution in [2.24, 2.45) is 0 Å². The standard InChI is InChI=1S/C12H10Cl2N2O2/c1-18-12(17)8-5-15-16(6-8)7-9-10(13)3-2-4-11(9)14/h2-6H,7H2,1H3. The van der Waals surface area contributed by atoms with Gasteiger partial charge in [-0.15, -0.1) is 0 Å². The molecule has 0 radical (unpaired) electrons. The van der Waals surface area contributed by atoms with Gasteiger partial charge in [0.15, 0.2) is 0 Å². The Labute approximate surface area is 114 Å². The average molecular weight is 285 g/mol. The van der Waals surface area contributed by atoms with E-state index in [0.29, 0.717) is 22.2 Å². The number of carbonyl (C=O) groups excluding carboxylic acids is 1. The molecule has 0 bridgehead atoms. The molecule has 0 fully saturated rings. The third kappa shape index (κ3) is 2.66. The highest BCUT2D eigenvalue weighted by Gasteiger charge is 2.11. The summed E-state index contributed by atoms with van der Waals surface area (Å²) < 4.78 is 6.19. The SMILES string of the molecule is COC(=O)c1cnn(Cc2c(Cl)cccc2Cl)c1. The highest BCUT2D eigenvalue weighted by atomic mass is 35.5. The quantitative estimate of drug-likeness (QED) is 0.814. The summed E-state index contributed by atoms with van der Waals surface area (Å²) in [6.07, 6.45) is 3.03. The van der Waals surface area contributed by atoms with Crippen molar-refractivity contribution in [2.75, 3.05) is 7.11 Å². The van der Waals surface area contributed by atoms with Crippen LogP contribution in [0.2, 0.25) is 10.0 Å². The lowest BCUT2D eigenvalue weighted by molar-refractivity contribution is 0.0600. The van der Waals surface area contributed by atoms with Gasteiger partial charge in [-0.1, -0.05) is 29.3 Å². The maximum Gasteiger partial charge on any atom is 0.341 e. The van der Waals surface area contributed by atoms with E-state index in [4.69, 9.17) is 23.2 Å². The van der Waals surface area contributed by atoms with Crippen molar-refractivity contribution in [1.29, 1.82) is 0 Å². The van der Waals surface area contributed by atoms with Crippen LogP contribution in [0.4, 0.5) is 0 Å². The zero-order chi connectivity index (χ0) is 13.1. The molecule has 2 rings (SSSR count). The fourth-order valence-electron chi connectivity index (χ4n) is 1.52. The van der Waals surface area contributed by atoms with Crippen molar-refractivity contribution in [3.63, 3.8) is 0 Å². The normalized spacial score (nSPS) is 10.4. The smallest absolute Gasteiger partial charge is 0.341 e. The van der Waals surface area contributed by atoms with Crippen LogP contribution in [0.5, 0.6) is 0 Å². The summed E-state index contributed by atoms with van der Waals surface area (Å²) in [7, 11) is 1.32. The fourth-order valence-corrected chi connectivity index (χ4v) is 2.04. The zero-order valence-corrected chi connectivity index (χ0v) is 11.1. The van der Waals surface area contributed by atoms with Crippen molar-refractivity contribution >= 4 is 29.2 Å². The molecular weight excluding hydrogens is 275 g/mol. The van der Waals surface area contributed by atoms with Crippen LogP contribution in [0.15, 0.2) is 30.6 Å². The second-order valence-electron chi connectivity index (χ2n) is 3.62. The lowest BCUT2D eigenvalue weighted by Gasteiger charge is -2.06. The van der Waals surface area contributed by atoms with Gasteiger partial charge in [-0.05, 0) is 12.1 Å². The third-order valence-corrected chi connectivity index (χ3v) is 3.14. The van der Waals surface area contributed by atoms with E-state index >= 15 is 0 Å². The van der Waals surface area contributed by atoms with Crippen LogP contribution in [-0.2, 0) is 11.3 Å². The molecule has 0 aliphatic carbocycles. The van der Waals surface area contributed by atoms with Crippen molar-refractivity contribution in [1.82, 2.24) is 9.78 Å². The molecule has 2 aromatic rings. The summed E-state index contributed by atoms with van der Waals surface area (Å²) in [5.41, 5.74) is 1.15. The molecule has 1 heterocycles. The van der Waals surface area contributed by atoms with Crippen LogP contribution in [0.3, 0.4) is 0 Å². The highest BCUT2D eigenvalue weighted by molar-refractivity contribution is 6.35. The van der Waals surface area contributed by atoms with Gasteiger partial charge in [0, 0.05) is 21.8 Å². The predicted octanol–water partition coefficient (Wildman–Crippen LogP) is 3.02. The molecule has 18 heavy (non-hydrogen) atoms. The number of methoxy groups -OCH3 is 1. The molecule has 0 aliphatic heterocycles. The van der Waals surface area contributed by atoms with Crippen LogP contribution < -0.4 is 0 Å². The number of carbonyl (C=O) groups is 1. The van der Waals surface area contributed by atoms with Gasteiger partial charge in [-0.2, -0.15) is 5.10 Å². The minimum atomic E-state index is -0.425. The number of hydrogen-bond acceptors (Lipinski definition) is 3. The topological polar surface area (TPSA) is 44.1 Å². The van der Waals surface area contributed by atoms with Crippen LogP contribution in [-0.4, -0.2) is 22.9 Å². The van der Waals surface area contributed by atoms with Crippen molar-refractivity contribution in [2.45, 2.75) is 6.54 Å². The molecule has 1 aromatic heterocycles.